The zero-order valence-electron chi connectivity index (χ0n) is 9.01. The highest BCUT2D eigenvalue weighted by molar-refractivity contribution is 6.28. The normalized spacial score (nSPS) is 10.2. The molecule has 0 aliphatic rings. The van der Waals surface area contributed by atoms with Crippen molar-refractivity contribution >= 4 is 29.0 Å². The van der Waals surface area contributed by atoms with Gasteiger partial charge in [0, 0.05) is 19.4 Å². The van der Waals surface area contributed by atoms with Gasteiger partial charge in [-0.2, -0.15) is 0 Å². The second-order valence-corrected chi connectivity index (χ2v) is 3.77. The molecule has 6 nitrogen and oxygen atoms in total. The molecule has 0 unspecified atom stereocenters. The van der Waals surface area contributed by atoms with Crippen LogP contribution in [0.3, 0.4) is 0 Å². The number of carbonyl (C=O) groups excluding carboxylic acids is 1. The third-order valence-electron chi connectivity index (χ3n) is 2.13. The van der Waals surface area contributed by atoms with Gasteiger partial charge in [0.1, 0.15) is 11.5 Å². The van der Waals surface area contributed by atoms with Gasteiger partial charge in [0.15, 0.2) is 0 Å². The minimum atomic E-state index is -0.307. The molecule has 88 valence electrons. The number of anilines is 2. The van der Waals surface area contributed by atoms with E-state index in [4.69, 9.17) is 17.3 Å². The highest BCUT2D eigenvalue weighted by atomic mass is 35.5. The number of rotatable bonds is 2. The zero-order chi connectivity index (χ0) is 12.4. The average molecular weight is 252 g/mol. The van der Waals surface area contributed by atoms with E-state index in [0.29, 0.717) is 17.2 Å². The highest BCUT2D eigenvalue weighted by Crippen LogP contribution is 2.12. The van der Waals surface area contributed by atoms with Gasteiger partial charge in [-0.3, -0.25) is 4.79 Å². The summed E-state index contributed by atoms with van der Waals surface area (Å²) in [5.74, 6) is 0.0359. The molecule has 0 atom stereocenters. The smallest absolute Gasteiger partial charge is 0.273 e. The van der Waals surface area contributed by atoms with E-state index in [1.165, 1.54) is 6.20 Å². The Hall–Kier alpha value is -2.08. The summed E-state index contributed by atoms with van der Waals surface area (Å²) in [4.78, 5) is 19.4. The Bertz CT molecular complexity index is 566. The number of nitrogens with two attached hydrogens (primary N) is 1. The monoisotopic (exact) mass is 251 g/mol. The van der Waals surface area contributed by atoms with Gasteiger partial charge in [-0.15, -0.1) is 0 Å². The topological polar surface area (TPSA) is 85.8 Å². The number of nitrogens with one attached hydrogen (secondary N) is 1. The lowest BCUT2D eigenvalue weighted by molar-refractivity contribution is 0.101. The molecule has 7 heteroatoms. The number of aromatic nitrogens is 3. The van der Waals surface area contributed by atoms with Crippen LogP contribution in [-0.2, 0) is 7.05 Å². The van der Waals surface area contributed by atoms with E-state index in [2.05, 4.69) is 15.3 Å². The van der Waals surface area contributed by atoms with Crippen LogP contribution in [0.4, 0.5) is 11.5 Å². The molecule has 2 heterocycles. The minimum Gasteiger partial charge on any atom is -0.397 e. The van der Waals surface area contributed by atoms with Crippen molar-refractivity contribution in [2.75, 3.05) is 11.1 Å². The molecule has 0 spiro atoms. The number of carbonyl (C=O) groups is 1. The first-order chi connectivity index (χ1) is 8.06. The van der Waals surface area contributed by atoms with Crippen LogP contribution in [0.25, 0.3) is 0 Å². The van der Waals surface area contributed by atoms with Crippen molar-refractivity contribution in [3.05, 3.63) is 35.5 Å². The van der Waals surface area contributed by atoms with Gasteiger partial charge in [0.2, 0.25) is 5.28 Å². The summed E-state index contributed by atoms with van der Waals surface area (Å²) in [5.41, 5.74) is 6.56. The van der Waals surface area contributed by atoms with Crippen LogP contribution < -0.4 is 11.1 Å². The van der Waals surface area contributed by atoms with E-state index in [0.717, 1.165) is 0 Å². The van der Waals surface area contributed by atoms with E-state index in [9.17, 15) is 4.79 Å². The van der Waals surface area contributed by atoms with E-state index < -0.39 is 0 Å². The third-order valence-corrected chi connectivity index (χ3v) is 2.31. The Morgan fingerprint density at radius 3 is 2.94 bits per heavy atom. The van der Waals surface area contributed by atoms with Gasteiger partial charge in [-0.05, 0) is 23.7 Å². The van der Waals surface area contributed by atoms with Gasteiger partial charge in [-0.1, -0.05) is 0 Å². The minimum absolute atomic E-state index is 0.0780. The molecular weight excluding hydrogens is 242 g/mol. The second kappa shape index (κ2) is 4.42. The van der Waals surface area contributed by atoms with Crippen LogP contribution >= 0.6 is 11.6 Å². The summed E-state index contributed by atoms with van der Waals surface area (Å²) >= 11 is 5.61. The Kier molecular flexibility index (Phi) is 2.97. The van der Waals surface area contributed by atoms with Crippen LogP contribution in [-0.4, -0.2) is 20.4 Å². The molecule has 0 aliphatic heterocycles. The van der Waals surface area contributed by atoms with Gasteiger partial charge in [0.25, 0.3) is 5.91 Å². The summed E-state index contributed by atoms with van der Waals surface area (Å²) in [6.07, 6.45) is 3.12. The first kappa shape index (κ1) is 11.4. The Morgan fingerprint density at radius 2 is 2.35 bits per heavy atom. The van der Waals surface area contributed by atoms with Crippen molar-refractivity contribution in [1.82, 2.24) is 14.5 Å². The summed E-state index contributed by atoms with van der Waals surface area (Å²) in [7, 11) is 1.73. The first-order valence-corrected chi connectivity index (χ1v) is 5.16. The summed E-state index contributed by atoms with van der Waals surface area (Å²) in [5, 5.41) is 2.68. The highest BCUT2D eigenvalue weighted by Gasteiger charge is 2.11. The van der Waals surface area contributed by atoms with Gasteiger partial charge in [-0.25, -0.2) is 9.97 Å². The van der Waals surface area contributed by atoms with Crippen molar-refractivity contribution < 1.29 is 4.79 Å². The predicted octanol–water partition coefficient (Wildman–Crippen LogP) is 1.30. The van der Waals surface area contributed by atoms with Crippen molar-refractivity contribution in [3.8, 4) is 0 Å². The Balaban J connectivity index is 2.20. The van der Waals surface area contributed by atoms with Gasteiger partial charge >= 0.3 is 0 Å². The van der Waals surface area contributed by atoms with Crippen LogP contribution in [0.15, 0.2) is 24.5 Å². The molecular formula is C10H10ClN5O. The molecule has 0 saturated heterocycles. The number of nitrogens with zero attached hydrogens (tertiary/aromatic N) is 3. The van der Waals surface area contributed by atoms with Crippen LogP contribution in [0.1, 0.15) is 10.5 Å². The summed E-state index contributed by atoms with van der Waals surface area (Å²) in [6.45, 7) is 0. The fraction of sp³-hybridized carbons (Fsp3) is 0.100. The Labute approximate surface area is 102 Å². The molecule has 0 saturated carbocycles. The number of nitrogen functional groups attached to an aromatic ring is 1. The molecule has 2 rings (SSSR count). The van der Waals surface area contributed by atoms with E-state index in [-0.39, 0.29) is 11.2 Å². The number of halogens is 1. The molecule has 0 fully saturated rings. The lowest BCUT2D eigenvalue weighted by Gasteiger charge is -2.04. The van der Waals surface area contributed by atoms with E-state index in [1.54, 1.807) is 29.9 Å². The lowest BCUT2D eigenvalue weighted by atomic mass is 10.4. The maximum absolute atomic E-state index is 11.9. The maximum atomic E-state index is 11.9. The molecule has 17 heavy (non-hydrogen) atoms. The van der Waals surface area contributed by atoms with Crippen molar-refractivity contribution in [2.45, 2.75) is 0 Å². The molecule has 1 amide bonds. The van der Waals surface area contributed by atoms with E-state index >= 15 is 0 Å². The molecule has 0 bridgehead atoms. The fourth-order valence-corrected chi connectivity index (χ4v) is 1.55. The molecule has 0 radical (unpaired) electrons. The Morgan fingerprint density at radius 1 is 1.59 bits per heavy atom. The molecule has 0 aliphatic carbocycles. The number of hydrogen-bond donors (Lipinski definition) is 2. The largest absolute Gasteiger partial charge is 0.397 e. The van der Waals surface area contributed by atoms with Gasteiger partial charge in [0.05, 0.1) is 5.69 Å². The first-order valence-electron chi connectivity index (χ1n) is 4.78. The summed E-state index contributed by atoms with van der Waals surface area (Å²) in [6, 6.07) is 3.13. The maximum Gasteiger partial charge on any atom is 0.273 e. The lowest BCUT2D eigenvalue weighted by Crippen LogP contribution is -2.16. The SMILES string of the molecule is Cn1cc(N)cc1C(=O)Nc1ccnc(Cl)n1. The zero-order valence-corrected chi connectivity index (χ0v) is 9.77. The molecule has 2 aromatic heterocycles. The fourth-order valence-electron chi connectivity index (χ4n) is 1.40. The van der Waals surface area contributed by atoms with Crippen LogP contribution in [0, 0.1) is 0 Å². The van der Waals surface area contributed by atoms with Crippen LogP contribution in [0.5, 0.6) is 0 Å². The molecule has 0 aromatic carbocycles. The van der Waals surface area contributed by atoms with Crippen molar-refractivity contribution in [1.29, 1.82) is 0 Å². The number of aryl methyl sites for hydroxylation is 1. The number of hydrogen-bond acceptors (Lipinski definition) is 4. The van der Waals surface area contributed by atoms with Crippen LogP contribution in [0.2, 0.25) is 5.28 Å². The molecule has 3 N–H and O–H groups in total. The average Bonchev–Trinajstić information content (AvgIpc) is 2.58. The summed E-state index contributed by atoms with van der Waals surface area (Å²) < 4.78 is 1.63. The quantitative estimate of drug-likeness (QED) is 0.788. The number of amides is 1. The second-order valence-electron chi connectivity index (χ2n) is 3.43. The third kappa shape index (κ3) is 2.54. The van der Waals surface area contributed by atoms with Crippen molar-refractivity contribution in [3.63, 3.8) is 0 Å². The molecule has 2 aromatic rings. The van der Waals surface area contributed by atoms with E-state index in [1.807, 2.05) is 0 Å². The standard InChI is InChI=1S/C10H10ClN5O/c1-16-5-6(12)4-7(16)9(17)14-8-2-3-13-10(11)15-8/h2-5H,12H2,1H3,(H,13,14,15,17). The van der Waals surface area contributed by atoms with Gasteiger partial charge < -0.3 is 15.6 Å². The predicted molar refractivity (Wildman–Crippen MR) is 64.8 cm³/mol. The van der Waals surface area contributed by atoms with Crippen molar-refractivity contribution in [2.24, 2.45) is 7.05 Å².